The largest absolute Gasteiger partial charge is 0.228 e. The minimum Gasteiger partial charge on any atom is -0.228 e. The molecule has 8 heavy (non-hydrogen) atoms. The van der Waals surface area contributed by atoms with Crippen molar-refractivity contribution in [3.8, 4) is 0 Å². The molecule has 1 aromatic heterocycles. The molecule has 5 heteroatoms. The molecule has 1 heterocycles. The lowest BCUT2D eigenvalue weighted by Gasteiger charge is -1.82. The van der Waals surface area contributed by atoms with Crippen molar-refractivity contribution < 1.29 is 0 Å². The Hall–Kier alpha value is -0.840. The Bertz CT molecular complexity index is 193. The average Bonchev–Trinajstić information content (AvgIpc) is 2.14. The predicted molar refractivity (Wildman–Crippen MR) is 31.6 cm³/mol. The summed E-state index contributed by atoms with van der Waals surface area (Å²) >= 11 is 4.57. The molecule has 0 atom stereocenters. The summed E-state index contributed by atoms with van der Waals surface area (Å²) in [4.78, 5) is 0. The van der Waals surface area contributed by atoms with E-state index in [1.165, 1.54) is 10.0 Å². The summed E-state index contributed by atoms with van der Waals surface area (Å²) in [7, 11) is 1.73. The molecule has 0 spiro atoms. The fourth-order valence-electron chi connectivity index (χ4n) is 0.336. The van der Waals surface area contributed by atoms with Crippen molar-refractivity contribution in [3.63, 3.8) is 0 Å². The highest BCUT2D eigenvalue weighted by Gasteiger charge is 1.92. The zero-order valence-electron chi connectivity index (χ0n) is 4.27. The van der Waals surface area contributed by atoms with Gasteiger partial charge in [-0.2, -0.15) is 0 Å². The second-order valence-electron chi connectivity index (χ2n) is 1.28. The predicted octanol–water partition coefficient (Wildman–Crippen LogP) is -0.442. The van der Waals surface area contributed by atoms with E-state index >= 15 is 0 Å². The van der Waals surface area contributed by atoms with Crippen molar-refractivity contribution in [2.45, 2.75) is 0 Å². The molecule has 0 saturated carbocycles. The van der Waals surface area contributed by atoms with E-state index in [1.807, 2.05) is 0 Å². The van der Waals surface area contributed by atoms with Gasteiger partial charge in [0.25, 0.3) is 0 Å². The zero-order valence-corrected chi connectivity index (χ0v) is 5.09. The molecule has 0 fully saturated rings. The van der Waals surface area contributed by atoms with Crippen LogP contribution in [0.15, 0.2) is 0 Å². The summed E-state index contributed by atoms with van der Waals surface area (Å²) in [5, 5.41) is 11.9. The zero-order chi connectivity index (χ0) is 5.98. The van der Waals surface area contributed by atoms with E-state index in [4.69, 9.17) is 0 Å². The van der Waals surface area contributed by atoms with Gasteiger partial charge in [-0.1, -0.05) is 12.2 Å². The summed E-state index contributed by atoms with van der Waals surface area (Å²) in [5.41, 5.74) is 0. The molecule has 1 aromatic rings. The van der Waals surface area contributed by atoms with Gasteiger partial charge in [0.15, 0.2) is 5.82 Å². The number of rotatable bonds is 1. The number of hydrogen-bond donors (Lipinski definition) is 0. The Morgan fingerprint density at radius 1 is 1.75 bits per heavy atom. The number of hydrogen-bond acceptors (Lipinski definition) is 4. The van der Waals surface area contributed by atoms with Crippen molar-refractivity contribution in [2.75, 3.05) is 0 Å². The molecule has 0 radical (unpaired) electrons. The fourth-order valence-corrected chi connectivity index (χ4v) is 0.536. The van der Waals surface area contributed by atoms with Crippen LogP contribution < -0.4 is 0 Å². The first kappa shape index (κ1) is 5.30. The lowest BCUT2D eigenvalue weighted by Crippen LogP contribution is -1.95. The Balaban J connectivity index is 3.09. The molecular weight excluding hydrogens is 124 g/mol. The van der Waals surface area contributed by atoms with E-state index in [-0.39, 0.29) is 0 Å². The van der Waals surface area contributed by atoms with Crippen LogP contribution >= 0.6 is 12.2 Å². The van der Waals surface area contributed by atoms with Crippen LogP contribution in [0.25, 0.3) is 0 Å². The Morgan fingerprint density at radius 2 is 2.50 bits per heavy atom. The Labute approximate surface area is 51.5 Å². The lowest BCUT2D eigenvalue weighted by molar-refractivity contribution is 0.708. The quantitative estimate of drug-likeness (QED) is 0.481. The molecule has 4 nitrogen and oxygen atoms in total. The second kappa shape index (κ2) is 1.95. The van der Waals surface area contributed by atoms with Gasteiger partial charge in [-0.15, -0.1) is 5.10 Å². The molecule has 0 aliphatic heterocycles. The fraction of sp³-hybridized carbons (Fsp3) is 0.333. The van der Waals surface area contributed by atoms with Gasteiger partial charge in [-0.05, 0) is 10.4 Å². The van der Waals surface area contributed by atoms with Crippen molar-refractivity contribution in [3.05, 3.63) is 5.82 Å². The minimum atomic E-state index is 0.611. The van der Waals surface area contributed by atoms with Crippen LogP contribution in [0.1, 0.15) is 5.82 Å². The van der Waals surface area contributed by atoms with Crippen molar-refractivity contribution in [1.29, 1.82) is 0 Å². The van der Waals surface area contributed by atoms with Gasteiger partial charge < -0.3 is 0 Å². The molecule has 42 valence electrons. The van der Waals surface area contributed by atoms with Crippen LogP contribution in [0, 0.1) is 0 Å². The van der Waals surface area contributed by atoms with Crippen molar-refractivity contribution >= 4 is 17.6 Å². The van der Waals surface area contributed by atoms with Crippen molar-refractivity contribution in [2.24, 2.45) is 7.05 Å². The van der Waals surface area contributed by atoms with Crippen LogP contribution in [0.5, 0.6) is 0 Å². The SMILES string of the molecule is Cn1nnnc1C=S. The molecular formula is C3H4N4S. The highest BCUT2D eigenvalue weighted by molar-refractivity contribution is 7.79. The topological polar surface area (TPSA) is 43.6 Å². The number of nitrogens with zero attached hydrogens (tertiary/aromatic N) is 4. The monoisotopic (exact) mass is 128 g/mol. The van der Waals surface area contributed by atoms with E-state index in [1.54, 1.807) is 7.05 Å². The van der Waals surface area contributed by atoms with Crippen LogP contribution in [-0.2, 0) is 7.05 Å². The maximum atomic E-state index is 4.57. The summed E-state index contributed by atoms with van der Waals surface area (Å²) in [6.45, 7) is 0. The Kier molecular flexibility index (Phi) is 1.29. The summed E-state index contributed by atoms with van der Waals surface area (Å²) < 4.78 is 1.51. The smallest absolute Gasteiger partial charge is 0.185 e. The molecule has 0 N–H and O–H groups in total. The highest BCUT2D eigenvalue weighted by Crippen LogP contribution is 1.79. The molecule has 1 rings (SSSR count). The second-order valence-corrected chi connectivity index (χ2v) is 1.51. The third-order valence-electron chi connectivity index (χ3n) is 0.758. The van der Waals surface area contributed by atoms with Gasteiger partial charge in [0.1, 0.15) is 0 Å². The molecule has 0 saturated heterocycles. The van der Waals surface area contributed by atoms with Gasteiger partial charge in [0.05, 0.1) is 0 Å². The molecule has 0 unspecified atom stereocenters. The van der Waals surface area contributed by atoms with Crippen LogP contribution in [0.2, 0.25) is 0 Å². The number of thiocarbonyl (C=S) groups is 1. The first-order valence-corrected chi connectivity index (χ1v) is 2.49. The standard InChI is InChI=1S/C3H4N4S/c1-7-3(2-8)4-5-6-7/h2H,1H3. The highest BCUT2D eigenvalue weighted by atomic mass is 32.1. The third kappa shape index (κ3) is 0.717. The van der Waals surface area contributed by atoms with Crippen molar-refractivity contribution in [1.82, 2.24) is 20.2 Å². The normalized spacial score (nSPS) is 9.12. The van der Waals surface area contributed by atoms with Gasteiger partial charge in [0.2, 0.25) is 0 Å². The first-order valence-electron chi connectivity index (χ1n) is 2.02. The van der Waals surface area contributed by atoms with E-state index in [9.17, 15) is 0 Å². The summed E-state index contributed by atoms with van der Waals surface area (Å²) in [6.07, 6.45) is 0. The molecule has 0 amide bonds. The van der Waals surface area contributed by atoms with Crippen LogP contribution in [0.4, 0.5) is 0 Å². The van der Waals surface area contributed by atoms with Gasteiger partial charge >= 0.3 is 0 Å². The molecule has 0 aliphatic carbocycles. The van der Waals surface area contributed by atoms with Gasteiger partial charge in [0, 0.05) is 12.4 Å². The van der Waals surface area contributed by atoms with E-state index < -0.39 is 0 Å². The summed E-state index contributed by atoms with van der Waals surface area (Å²) in [6, 6.07) is 0. The maximum Gasteiger partial charge on any atom is 0.185 e. The van der Waals surface area contributed by atoms with Crippen LogP contribution in [-0.4, -0.2) is 25.6 Å². The average molecular weight is 128 g/mol. The van der Waals surface area contributed by atoms with Gasteiger partial charge in [-0.3, -0.25) is 0 Å². The summed E-state index contributed by atoms with van der Waals surface area (Å²) in [5.74, 6) is 0.611. The minimum absolute atomic E-state index is 0.611. The van der Waals surface area contributed by atoms with E-state index in [0.29, 0.717) is 5.82 Å². The van der Waals surface area contributed by atoms with E-state index in [2.05, 4.69) is 27.7 Å². The first-order chi connectivity index (χ1) is 3.84. The third-order valence-corrected chi connectivity index (χ3v) is 0.969. The number of aryl methyl sites for hydroxylation is 1. The lowest BCUT2D eigenvalue weighted by atomic mass is 10.7. The Morgan fingerprint density at radius 3 is 2.75 bits per heavy atom. The number of aromatic nitrogens is 4. The number of tetrazole rings is 1. The maximum absolute atomic E-state index is 4.57. The molecule has 0 aliphatic rings. The molecule has 0 aromatic carbocycles. The van der Waals surface area contributed by atoms with E-state index in [0.717, 1.165) is 0 Å². The van der Waals surface area contributed by atoms with Gasteiger partial charge in [-0.25, -0.2) is 4.68 Å². The molecule has 0 bridgehead atoms. The van der Waals surface area contributed by atoms with Crippen LogP contribution in [0.3, 0.4) is 0 Å².